The lowest BCUT2D eigenvalue weighted by molar-refractivity contribution is 0.692. The molecule has 0 saturated carbocycles. The molecule has 1 aromatic carbocycles. The Morgan fingerprint density at radius 3 is 2.30 bits per heavy atom. The van der Waals surface area contributed by atoms with Crippen molar-refractivity contribution in [3.63, 3.8) is 0 Å². The number of halogens is 2. The minimum atomic E-state index is 0.0856. The second-order valence-corrected chi connectivity index (χ2v) is 7.02. The molecule has 0 bridgehead atoms. The van der Waals surface area contributed by atoms with E-state index < -0.39 is 0 Å². The molecule has 1 N–H and O–H groups in total. The van der Waals surface area contributed by atoms with Crippen molar-refractivity contribution in [1.82, 2.24) is 5.32 Å². The molecule has 0 aliphatic carbocycles. The van der Waals surface area contributed by atoms with Gasteiger partial charge in [-0.05, 0) is 42.6 Å². The van der Waals surface area contributed by atoms with Crippen LogP contribution in [0, 0.1) is 0 Å². The highest BCUT2D eigenvalue weighted by molar-refractivity contribution is 7.20. The van der Waals surface area contributed by atoms with Crippen molar-refractivity contribution >= 4 is 34.5 Å². The van der Waals surface area contributed by atoms with Crippen LogP contribution in [0.3, 0.4) is 0 Å². The number of aryl methyl sites for hydroxylation is 2. The largest absolute Gasteiger partial charge is 0.309 e. The third kappa shape index (κ3) is 3.20. The van der Waals surface area contributed by atoms with Crippen LogP contribution in [0.5, 0.6) is 0 Å². The molecule has 108 valence electrons. The fraction of sp³-hybridized carbons (Fsp3) is 0.375. The van der Waals surface area contributed by atoms with E-state index in [4.69, 9.17) is 23.2 Å². The van der Waals surface area contributed by atoms with Gasteiger partial charge in [-0.2, -0.15) is 0 Å². The summed E-state index contributed by atoms with van der Waals surface area (Å²) in [7, 11) is 1.95. The molecule has 1 nitrogen and oxygen atoms in total. The summed E-state index contributed by atoms with van der Waals surface area (Å²) in [6, 6.07) is 8.72. The smallest absolute Gasteiger partial charge is 0.0995 e. The minimum Gasteiger partial charge on any atom is -0.309 e. The van der Waals surface area contributed by atoms with Crippen LogP contribution in [-0.2, 0) is 12.8 Å². The summed E-state index contributed by atoms with van der Waals surface area (Å²) in [6.45, 7) is 4.39. The van der Waals surface area contributed by atoms with Crippen LogP contribution in [0.1, 0.15) is 42.1 Å². The Morgan fingerprint density at radius 1 is 1.10 bits per heavy atom. The van der Waals surface area contributed by atoms with Crippen LogP contribution >= 0.6 is 34.5 Å². The van der Waals surface area contributed by atoms with E-state index in [-0.39, 0.29) is 6.04 Å². The Balaban J connectivity index is 2.44. The highest BCUT2D eigenvalue weighted by Gasteiger charge is 2.18. The zero-order valence-electron chi connectivity index (χ0n) is 12.0. The predicted molar refractivity (Wildman–Crippen MR) is 90.4 cm³/mol. The van der Waals surface area contributed by atoms with E-state index in [1.165, 1.54) is 28.0 Å². The molecule has 2 aromatic rings. The predicted octanol–water partition coefficient (Wildman–Crippen LogP) is 5.49. The molecule has 2 rings (SSSR count). The topological polar surface area (TPSA) is 12.0 Å². The van der Waals surface area contributed by atoms with E-state index in [9.17, 15) is 0 Å². The van der Waals surface area contributed by atoms with Gasteiger partial charge in [0.25, 0.3) is 0 Å². The fourth-order valence-electron chi connectivity index (χ4n) is 2.55. The number of rotatable bonds is 5. The molecule has 0 aliphatic rings. The molecule has 1 unspecified atom stereocenters. The van der Waals surface area contributed by atoms with Gasteiger partial charge < -0.3 is 5.32 Å². The van der Waals surface area contributed by atoms with Crippen molar-refractivity contribution in [2.24, 2.45) is 0 Å². The Morgan fingerprint density at radius 2 is 1.80 bits per heavy atom. The first-order valence-corrected chi connectivity index (χ1v) is 8.41. The van der Waals surface area contributed by atoms with Gasteiger partial charge in [0.05, 0.1) is 14.7 Å². The highest BCUT2D eigenvalue weighted by Crippen LogP contribution is 2.37. The summed E-state index contributed by atoms with van der Waals surface area (Å²) in [6.07, 6.45) is 2.12. The van der Waals surface area contributed by atoms with Gasteiger partial charge in [0.1, 0.15) is 0 Å². The third-order valence-electron chi connectivity index (χ3n) is 3.61. The summed E-state index contributed by atoms with van der Waals surface area (Å²) in [5, 5.41) is 3.34. The van der Waals surface area contributed by atoms with Crippen LogP contribution in [0.2, 0.25) is 8.67 Å². The number of benzene rings is 1. The molecule has 1 atom stereocenters. The number of nitrogens with one attached hydrogen (secondary N) is 1. The van der Waals surface area contributed by atoms with E-state index in [1.807, 2.05) is 13.1 Å². The summed E-state index contributed by atoms with van der Waals surface area (Å²) in [5.41, 5.74) is 5.11. The van der Waals surface area contributed by atoms with Crippen LogP contribution in [0.25, 0.3) is 0 Å². The Bertz CT molecular complexity index is 592. The minimum absolute atomic E-state index is 0.0856. The van der Waals surface area contributed by atoms with Gasteiger partial charge in [-0.25, -0.2) is 0 Å². The van der Waals surface area contributed by atoms with Crippen LogP contribution < -0.4 is 5.32 Å². The average molecular weight is 328 g/mol. The summed E-state index contributed by atoms with van der Waals surface area (Å²) >= 11 is 13.8. The highest BCUT2D eigenvalue weighted by atomic mass is 35.5. The van der Waals surface area contributed by atoms with Crippen molar-refractivity contribution in [1.29, 1.82) is 0 Å². The lowest BCUT2D eigenvalue weighted by atomic mass is 9.94. The van der Waals surface area contributed by atoms with E-state index in [0.29, 0.717) is 0 Å². The first-order chi connectivity index (χ1) is 9.60. The maximum Gasteiger partial charge on any atom is 0.0995 e. The maximum atomic E-state index is 6.29. The molecule has 0 fully saturated rings. The molecular formula is C16H19Cl2NS. The lowest BCUT2D eigenvalue weighted by Crippen LogP contribution is -2.17. The normalized spacial score (nSPS) is 12.7. The van der Waals surface area contributed by atoms with Crippen molar-refractivity contribution < 1.29 is 0 Å². The summed E-state index contributed by atoms with van der Waals surface area (Å²) < 4.78 is 1.48. The molecule has 1 heterocycles. The summed E-state index contributed by atoms with van der Waals surface area (Å²) in [4.78, 5) is 0. The van der Waals surface area contributed by atoms with Gasteiger partial charge in [-0.1, -0.05) is 55.2 Å². The van der Waals surface area contributed by atoms with Gasteiger partial charge in [-0.3, -0.25) is 0 Å². The first kappa shape index (κ1) is 15.8. The fourth-order valence-corrected chi connectivity index (χ4v) is 4.08. The monoisotopic (exact) mass is 327 g/mol. The first-order valence-electron chi connectivity index (χ1n) is 6.84. The lowest BCUT2D eigenvalue weighted by Gasteiger charge is -2.18. The molecule has 4 heteroatoms. The molecule has 0 radical (unpaired) electrons. The van der Waals surface area contributed by atoms with Gasteiger partial charge in [0.15, 0.2) is 0 Å². The molecular weight excluding hydrogens is 309 g/mol. The number of thiophene rings is 1. The van der Waals surface area contributed by atoms with Crippen molar-refractivity contribution in [2.45, 2.75) is 32.7 Å². The third-order valence-corrected chi connectivity index (χ3v) is 5.13. The second kappa shape index (κ2) is 6.95. The van der Waals surface area contributed by atoms with Gasteiger partial charge >= 0.3 is 0 Å². The van der Waals surface area contributed by atoms with Crippen molar-refractivity contribution in [3.8, 4) is 0 Å². The van der Waals surface area contributed by atoms with Crippen LogP contribution in [-0.4, -0.2) is 7.05 Å². The molecule has 0 aliphatic heterocycles. The van der Waals surface area contributed by atoms with Gasteiger partial charge in [-0.15, -0.1) is 11.3 Å². The maximum absolute atomic E-state index is 6.29. The molecule has 0 amide bonds. The quantitative estimate of drug-likeness (QED) is 0.765. The number of hydrogen-bond acceptors (Lipinski definition) is 2. The van der Waals surface area contributed by atoms with E-state index in [2.05, 4.69) is 37.4 Å². The SMILES string of the molecule is CCc1ccc(C(NC)c2cc(Cl)sc2Cl)cc1CC. The van der Waals surface area contributed by atoms with Crippen LogP contribution in [0.15, 0.2) is 24.3 Å². The van der Waals surface area contributed by atoms with Crippen LogP contribution in [0.4, 0.5) is 0 Å². The van der Waals surface area contributed by atoms with Crippen molar-refractivity contribution in [2.75, 3.05) is 7.05 Å². The molecule has 1 aromatic heterocycles. The molecule has 0 saturated heterocycles. The molecule has 0 spiro atoms. The molecule has 20 heavy (non-hydrogen) atoms. The Labute approximate surface area is 134 Å². The van der Waals surface area contributed by atoms with Gasteiger partial charge in [0, 0.05) is 5.56 Å². The summed E-state index contributed by atoms with van der Waals surface area (Å²) in [5.74, 6) is 0. The average Bonchev–Trinajstić information content (AvgIpc) is 2.78. The Hall–Kier alpha value is -0.540. The van der Waals surface area contributed by atoms with E-state index in [0.717, 1.165) is 27.1 Å². The van der Waals surface area contributed by atoms with Crippen molar-refractivity contribution in [3.05, 3.63) is 55.2 Å². The second-order valence-electron chi connectivity index (χ2n) is 4.74. The van der Waals surface area contributed by atoms with E-state index >= 15 is 0 Å². The zero-order valence-corrected chi connectivity index (χ0v) is 14.3. The van der Waals surface area contributed by atoms with Gasteiger partial charge in [0.2, 0.25) is 0 Å². The zero-order chi connectivity index (χ0) is 14.7. The van der Waals surface area contributed by atoms with E-state index in [1.54, 1.807) is 0 Å². The number of hydrogen-bond donors (Lipinski definition) is 1. The standard InChI is InChI=1S/C16H19Cl2NS/c1-4-10-6-7-12(8-11(10)5-2)15(19-3)13-9-14(17)20-16(13)18/h6-9,15,19H,4-5H2,1-3H3. The Kier molecular flexibility index (Phi) is 5.50.